The lowest BCUT2D eigenvalue weighted by molar-refractivity contribution is -0.144. The molecule has 0 radical (unpaired) electrons. The Labute approximate surface area is 88.2 Å². The van der Waals surface area contributed by atoms with Crippen LogP contribution in [0.15, 0.2) is 11.6 Å². The molecule has 0 saturated heterocycles. The van der Waals surface area contributed by atoms with E-state index in [-0.39, 0.29) is 29.2 Å². The molecule has 4 nitrogen and oxygen atoms in total. The van der Waals surface area contributed by atoms with Crippen molar-refractivity contribution in [1.29, 1.82) is 0 Å². The molecule has 2 rings (SSSR count). The summed E-state index contributed by atoms with van der Waals surface area (Å²) in [6.07, 6.45) is 2.65. The van der Waals surface area contributed by atoms with E-state index in [2.05, 4.69) is 9.47 Å². The molecule has 1 saturated carbocycles. The van der Waals surface area contributed by atoms with E-state index in [1.165, 1.54) is 14.2 Å². The third kappa shape index (κ3) is 1.44. The molecule has 3 atom stereocenters. The van der Waals surface area contributed by atoms with Crippen LogP contribution in [0.4, 0.5) is 0 Å². The molecule has 2 aliphatic rings. The van der Waals surface area contributed by atoms with Crippen LogP contribution in [-0.2, 0) is 19.1 Å². The molecule has 0 aliphatic heterocycles. The maximum Gasteiger partial charge on any atom is 0.316 e. The van der Waals surface area contributed by atoms with E-state index in [0.29, 0.717) is 0 Å². The SMILES string of the molecule is COC(=O)C1C=C1C1(C)CC1C(=O)OC. The summed E-state index contributed by atoms with van der Waals surface area (Å²) in [7, 11) is 2.76. The first-order valence-electron chi connectivity index (χ1n) is 4.92. The van der Waals surface area contributed by atoms with Gasteiger partial charge in [-0.3, -0.25) is 9.59 Å². The highest BCUT2D eigenvalue weighted by Crippen LogP contribution is 2.64. The first-order valence-corrected chi connectivity index (χ1v) is 4.92. The van der Waals surface area contributed by atoms with Crippen molar-refractivity contribution in [3.63, 3.8) is 0 Å². The molecule has 0 aromatic heterocycles. The van der Waals surface area contributed by atoms with Crippen molar-refractivity contribution in [2.24, 2.45) is 17.3 Å². The second kappa shape index (κ2) is 3.08. The molecule has 0 spiro atoms. The van der Waals surface area contributed by atoms with Gasteiger partial charge in [0.1, 0.15) is 0 Å². The Balaban J connectivity index is 1.96. The van der Waals surface area contributed by atoms with Crippen molar-refractivity contribution in [3.05, 3.63) is 11.6 Å². The number of hydrogen-bond donors (Lipinski definition) is 0. The molecule has 0 aromatic carbocycles. The molecular weight excluding hydrogens is 196 g/mol. The van der Waals surface area contributed by atoms with Crippen LogP contribution >= 0.6 is 0 Å². The summed E-state index contributed by atoms with van der Waals surface area (Å²) < 4.78 is 9.33. The lowest BCUT2D eigenvalue weighted by Gasteiger charge is -2.07. The molecule has 0 N–H and O–H groups in total. The van der Waals surface area contributed by atoms with Crippen LogP contribution in [0, 0.1) is 17.3 Å². The molecule has 4 heteroatoms. The highest BCUT2D eigenvalue weighted by molar-refractivity contribution is 5.86. The van der Waals surface area contributed by atoms with E-state index >= 15 is 0 Å². The molecule has 3 unspecified atom stereocenters. The molecule has 0 bridgehead atoms. The lowest BCUT2D eigenvalue weighted by atomic mass is 10.00. The van der Waals surface area contributed by atoms with Gasteiger partial charge in [-0.2, -0.15) is 0 Å². The van der Waals surface area contributed by atoms with Crippen molar-refractivity contribution >= 4 is 11.9 Å². The van der Waals surface area contributed by atoms with Gasteiger partial charge in [-0.15, -0.1) is 0 Å². The second-order valence-electron chi connectivity index (χ2n) is 4.32. The fraction of sp³-hybridized carbons (Fsp3) is 0.636. The van der Waals surface area contributed by atoms with Crippen molar-refractivity contribution in [2.75, 3.05) is 14.2 Å². The predicted molar refractivity (Wildman–Crippen MR) is 51.8 cm³/mol. The molecule has 1 fully saturated rings. The summed E-state index contributed by atoms with van der Waals surface area (Å²) in [5.74, 6) is -0.700. The average Bonchev–Trinajstić information content (AvgIpc) is 3.09. The Morgan fingerprint density at radius 2 is 1.93 bits per heavy atom. The van der Waals surface area contributed by atoms with Crippen LogP contribution < -0.4 is 0 Å². The van der Waals surface area contributed by atoms with Gasteiger partial charge in [0.05, 0.1) is 26.1 Å². The van der Waals surface area contributed by atoms with Crippen LogP contribution in [0.2, 0.25) is 0 Å². The van der Waals surface area contributed by atoms with E-state index in [9.17, 15) is 9.59 Å². The third-order valence-electron chi connectivity index (χ3n) is 3.41. The van der Waals surface area contributed by atoms with Crippen LogP contribution in [0.1, 0.15) is 13.3 Å². The van der Waals surface area contributed by atoms with Crippen LogP contribution in [-0.4, -0.2) is 26.2 Å². The van der Waals surface area contributed by atoms with E-state index in [1.54, 1.807) is 0 Å². The number of carbonyl (C=O) groups excluding carboxylic acids is 2. The Morgan fingerprint density at radius 3 is 2.47 bits per heavy atom. The molecule has 15 heavy (non-hydrogen) atoms. The largest absolute Gasteiger partial charge is 0.469 e. The molecule has 0 aromatic rings. The molecule has 0 heterocycles. The first kappa shape index (κ1) is 10.2. The van der Waals surface area contributed by atoms with Crippen molar-refractivity contribution in [1.82, 2.24) is 0 Å². The van der Waals surface area contributed by atoms with E-state index in [1.807, 2.05) is 13.0 Å². The molecule has 0 amide bonds. The maximum atomic E-state index is 11.3. The zero-order valence-electron chi connectivity index (χ0n) is 9.07. The summed E-state index contributed by atoms with van der Waals surface area (Å²) >= 11 is 0. The van der Waals surface area contributed by atoms with Crippen molar-refractivity contribution in [3.8, 4) is 0 Å². The quantitative estimate of drug-likeness (QED) is 0.513. The van der Waals surface area contributed by atoms with E-state index in [0.717, 1.165) is 12.0 Å². The average molecular weight is 210 g/mol. The monoisotopic (exact) mass is 210 g/mol. The maximum absolute atomic E-state index is 11.3. The highest BCUT2D eigenvalue weighted by Gasteiger charge is 2.62. The van der Waals surface area contributed by atoms with Crippen LogP contribution in [0.5, 0.6) is 0 Å². The van der Waals surface area contributed by atoms with Gasteiger partial charge >= 0.3 is 11.9 Å². The fourth-order valence-electron chi connectivity index (χ4n) is 2.17. The van der Waals surface area contributed by atoms with Gasteiger partial charge in [-0.25, -0.2) is 0 Å². The zero-order chi connectivity index (χ0) is 11.2. The normalized spacial score (nSPS) is 36.6. The number of methoxy groups -OCH3 is 2. The molecule has 2 aliphatic carbocycles. The Morgan fingerprint density at radius 1 is 1.33 bits per heavy atom. The third-order valence-corrected chi connectivity index (χ3v) is 3.41. The summed E-state index contributed by atoms with van der Waals surface area (Å²) in [6, 6.07) is 0. The van der Waals surface area contributed by atoms with Gasteiger partial charge in [0.15, 0.2) is 0 Å². The minimum atomic E-state index is -0.234. The van der Waals surface area contributed by atoms with Gasteiger partial charge in [-0.05, 0) is 12.0 Å². The smallest absolute Gasteiger partial charge is 0.316 e. The Kier molecular flexibility index (Phi) is 2.10. The second-order valence-corrected chi connectivity index (χ2v) is 4.32. The standard InChI is InChI=1S/C11H14O4/c1-11(5-8(11)10(13)15-3)7-4-6(7)9(12)14-2/h4,6,8H,5H2,1-3H3. The van der Waals surface area contributed by atoms with Gasteiger partial charge in [0.25, 0.3) is 0 Å². The van der Waals surface area contributed by atoms with Crippen molar-refractivity contribution < 1.29 is 19.1 Å². The number of carbonyl (C=O) groups is 2. The van der Waals surface area contributed by atoms with E-state index < -0.39 is 0 Å². The van der Waals surface area contributed by atoms with Gasteiger partial charge in [0.2, 0.25) is 0 Å². The summed E-state index contributed by atoms with van der Waals surface area (Å²) in [5, 5.41) is 0. The summed E-state index contributed by atoms with van der Waals surface area (Å²) in [6.45, 7) is 1.99. The minimum absolute atomic E-state index is 0.0802. The van der Waals surface area contributed by atoms with Crippen LogP contribution in [0.3, 0.4) is 0 Å². The predicted octanol–water partition coefficient (Wildman–Crippen LogP) is 0.915. The van der Waals surface area contributed by atoms with E-state index in [4.69, 9.17) is 0 Å². The zero-order valence-corrected chi connectivity index (χ0v) is 9.07. The number of ether oxygens (including phenoxy) is 2. The summed E-state index contributed by atoms with van der Waals surface area (Å²) in [4.78, 5) is 22.5. The van der Waals surface area contributed by atoms with Gasteiger partial charge < -0.3 is 9.47 Å². The molecular formula is C11H14O4. The van der Waals surface area contributed by atoms with Gasteiger partial charge in [-0.1, -0.05) is 13.0 Å². The van der Waals surface area contributed by atoms with Gasteiger partial charge in [0, 0.05) is 5.41 Å². The number of rotatable bonds is 3. The molecule has 82 valence electrons. The fourth-order valence-corrected chi connectivity index (χ4v) is 2.17. The summed E-state index contributed by atoms with van der Waals surface area (Å²) in [5.41, 5.74) is 0.871. The lowest BCUT2D eigenvalue weighted by Crippen LogP contribution is -2.13. The highest BCUT2D eigenvalue weighted by atomic mass is 16.5. The Hall–Kier alpha value is -1.32. The van der Waals surface area contributed by atoms with Crippen molar-refractivity contribution in [2.45, 2.75) is 13.3 Å². The number of hydrogen-bond acceptors (Lipinski definition) is 4. The first-order chi connectivity index (χ1) is 7.04. The topological polar surface area (TPSA) is 52.6 Å². The Bertz CT molecular complexity index is 358. The minimum Gasteiger partial charge on any atom is -0.469 e. The van der Waals surface area contributed by atoms with Crippen LogP contribution in [0.25, 0.3) is 0 Å². The number of esters is 2.